The molecular weight excluding hydrogens is 513 g/mol. The van der Waals surface area contributed by atoms with Crippen molar-refractivity contribution in [2.24, 2.45) is 11.3 Å². The number of carboxylic acids is 1. The van der Waals surface area contributed by atoms with Gasteiger partial charge >= 0.3 is 12.1 Å². The number of aromatic nitrogens is 2. The molecule has 39 heavy (non-hydrogen) atoms. The molecule has 12 heteroatoms. The second-order valence-corrected chi connectivity index (χ2v) is 10.4. The number of halogens is 3. The average Bonchev–Trinajstić information content (AvgIpc) is 2.93. The number of aliphatic carboxylic acids is 1. The third-order valence-electron chi connectivity index (χ3n) is 7.57. The Morgan fingerprint density at radius 3 is 2.36 bits per heavy atom. The van der Waals surface area contributed by atoms with Crippen molar-refractivity contribution >= 4 is 23.5 Å². The molecule has 0 bridgehead atoms. The van der Waals surface area contributed by atoms with E-state index in [9.17, 15) is 27.9 Å². The molecule has 2 aliphatic heterocycles. The van der Waals surface area contributed by atoms with Crippen LogP contribution in [0.2, 0.25) is 0 Å². The molecular formula is C27H31F3N6O3. The Morgan fingerprint density at radius 2 is 1.77 bits per heavy atom. The number of nitrogens with zero attached hydrogens (tertiary/aromatic N) is 5. The first kappa shape index (κ1) is 28.1. The lowest BCUT2D eigenvalue weighted by atomic mass is 9.80. The number of amides is 1. The number of anilines is 2. The zero-order chi connectivity index (χ0) is 28.2. The van der Waals surface area contributed by atoms with Crippen LogP contribution < -0.4 is 15.1 Å². The molecule has 0 radical (unpaired) electrons. The van der Waals surface area contributed by atoms with E-state index in [-0.39, 0.29) is 50.0 Å². The molecule has 1 aromatic heterocycles. The summed E-state index contributed by atoms with van der Waals surface area (Å²) in [6, 6.07) is 10.7. The fraction of sp³-hybridized carbons (Fsp3) is 0.519. The van der Waals surface area contributed by atoms with E-state index in [2.05, 4.69) is 21.4 Å². The standard InChI is InChI=1S/C27H31F3N6O3/c1-26(25(38)39)9-13-35(14-10-26)21-15-22(34-24(33-21)27(28,29)30)36-12-2-3-20(17-36)23(37)32-11-8-18-4-6-19(16-31)7-5-18/h4-7,15,20H,2-3,8-14,17H2,1H3,(H,32,37)(H,38,39)/t20-/m1/s1. The van der Waals surface area contributed by atoms with Crippen molar-refractivity contribution in [1.29, 1.82) is 5.26 Å². The summed E-state index contributed by atoms with van der Waals surface area (Å²) < 4.78 is 41.2. The highest BCUT2D eigenvalue weighted by molar-refractivity contribution is 5.79. The van der Waals surface area contributed by atoms with Gasteiger partial charge in [-0.15, -0.1) is 0 Å². The molecule has 1 amide bonds. The predicted molar refractivity (Wildman–Crippen MR) is 137 cm³/mol. The zero-order valence-corrected chi connectivity index (χ0v) is 21.7. The van der Waals surface area contributed by atoms with Crippen LogP contribution in [0.25, 0.3) is 0 Å². The van der Waals surface area contributed by atoms with Crippen molar-refractivity contribution in [3.63, 3.8) is 0 Å². The molecule has 4 rings (SSSR count). The number of hydrogen-bond acceptors (Lipinski definition) is 7. The lowest BCUT2D eigenvalue weighted by molar-refractivity contribution is -0.149. The van der Waals surface area contributed by atoms with Crippen LogP contribution in [0, 0.1) is 22.7 Å². The number of piperidine rings is 2. The highest BCUT2D eigenvalue weighted by Crippen LogP contribution is 2.36. The predicted octanol–water partition coefficient (Wildman–Crippen LogP) is 3.63. The van der Waals surface area contributed by atoms with Crippen molar-refractivity contribution in [2.45, 2.75) is 45.2 Å². The highest BCUT2D eigenvalue weighted by Gasteiger charge is 2.40. The largest absolute Gasteiger partial charge is 0.481 e. The lowest BCUT2D eigenvalue weighted by Crippen LogP contribution is -2.44. The Labute approximate surface area is 224 Å². The maximum absolute atomic E-state index is 13.7. The lowest BCUT2D eigenvalue weighted by Gasteiger charge is -2.38. The van der Waals surface area contributed by atoms with Gasteiger partial charge in [-0.2, -0.15) is 18.4 Å². The summed E-state index contributed by atoms with van der Waals surface area (Å²) in [5.74, 6) is -2.53. The van der Waals surface area contributed by atoms with Crippen molar-refractivity contribution in [3.8, 4) is 6.07 Å². The van der Waals surface area contributed by atoms with Crippen LogP contribution in [-0.2, 0) is 22.2 Å². The number of carbonyl (C=O) groups is 2. The number of nitrogens with one attached hydrogen (secondary N) is 1. The first-order valence-electron chi connectivity index (χ1n) is 12.9. The Balaban J connectivity index is 1.43. The van der Waals surface area contributed by atoms with Gasteiger partial charge in [0, 0.05) is 38.8 Å². The Hall–Kier alpha value is -3.88. The van der Waals surface area contributed by atoms with E-state index in [1.165, 1.54) is 6.07 Å². The van der Waals surface area contributed by atoms with Crippen molar-refractivity contribution in [2.75, 3.05) is 42.5 Å². The molecule has 9 nitrogen and oxygen atoms in total. The average molecular weight is 545 g/mol. The zero-order valence-electron chi connectivity index (χ0n) is 21.7. The topological polar surface area (TPSA) is 122 Å². The van der Waals surface area contributed by atoms with Gasteiger partial charge in [-0.3, -0.25) is 9.59 Å². The van der Waals surface area contributed by atoms with Gasteiger partial charge in [0.15, 0.2) is 0 Å². The first-order valence-corrected chi connectivity index (χ1v) is 12.9. The van der Waals surface area contributed by atoms with E-state index < -0.39 is 29.3 Å². The van der Waals surface area contributed by atoms with Gasteiger partial charge in [-0.25, -0.2) is 9.97 Å². The maximum atomic E-state index is 13.7. The van der Waals surface area contributed by atoms with Gasteiger partial charge in [-0.05, 0) is 56.7 Å². The van der Waals surface area contributed by atoms with Crippen molar-refractivity contribution in [3.05, 3.63) is 47.3 Å². The van der Waals surface area contributed by atoms with Gasteiger partial charge < -0.3 is 20.2 Å². The normalized spacial score (nSPS) is 19.3. The number of nitriles is 1. The number of carbonyl (C=O) groups excluding carboxylic acids is 1. The van der Waals surface area contributed by atoms with E-state index in [4.69, 9.17) is 5.26 Å². The minimum Gasteiger partial charge on any atom is -0.481 e. The summed E-state index contributed by atoms with van der Waals surface area (Å²) in [6.07, 6.45) is -2.35. The summed E-state index contributed by atoms with van der Waals surface area (Å²) in [5, 5.41) is 21.3. The fourth-order valence-corrected chi connectivity index (χ4v) is 4.94. The Morgan fingerprint density at radius 1 is 1.13 bits per heavy atom. The molecule has 2 fully saturated rings. The number of alkyl halides is 3. The van der Waals surface area contributed by atoms with Crippen LogP contribution >= 0.6 is 0 Å². The van der Waals surface area contributed by atoms with Gasteiger partial charge in [0.05, 0.1) is 23.0 Å². The summed E-state index contributed by atoms with van der Waals surface area (Å²) >= 11 is 0. The molecule has 1 aromatic carbocycles. The smallest absolute Gasteiger partial charge is 0.451 e. The SMILES string of the molecule is CC1(C(=O)O)CCN(c2cc(N3CCC[C@@H](C(=O)NCCc4ccc(C#N)cc4)C3)nc(C(F)(F)F)n2)CC1. The molecule has 3 heterocycles. The fourth-order valence-electron chi connectivity index (χ4n) is 4.94. The number of carboxylic acid groups (broad SMARTS) is 1. The molecule has 0 saturated carbocycles. The van der Waals surface area contributed by atoms with E-state index >= 15 is 0 Å². The minimum atomic E-state index is -4.76. The molecule has 2 saturated heterocycles. The number of rotatable bonds is 7. The van der Waals surface area contributed by atoms with E-state index in [0.29, 0.717) is 37.9 Å². The van der Waals surface area contributed by atoms with Gasteiger partial charge in [0.25, 0.3) is 0 Å². The summed E-state index contributed by atoms with van der Waals surface area (Å²) in [4.78, 5) is 35.4. The quantitative estimate of drug-likeness (QED) is 0.542. The summed E-state index contributed by atoms with van der Waals surface area (Å²) in [5.41, 5.74) is 0.618. The highest BCUT2D eigenvalue weighted by atomic mass is 19.4. The number of benzene rings is 1. The molecule has 1 atom stereocenters. The van der Waals surface area contributed by atoms with Crippen LogP contribution in [-0.4, -0.2) is 59.7 Å². The molecule has 0 unspecified atom stereocenters. The molecule has 0 spiro atoms. The van der Waals surface area contributed by atoms with Crippen LogP contribution in [0.15, 0.2) is 30.3 Å². The molecule has 208 valence electrons. The second-order valence-electron chi connectivity index (χ2n) is 10.4. The van der Waals surface area contributed by atoms with E-state index in [1.807, 2.05) is 12.1 Å². The Kier molecular flexibility index (Phi) is 8.28. The molecule has 2 aliphatic rings. The van der Waals surface area contributed by atoms with E-state index in [0.717, 1.165) is 5.56 Å². The van der Waals surface area contributed by atoms with Crippen LogP contribution in [0.5, 0.6) is 0 Å². The van der Waals surface area contributed by atoms with Gasteiger partial charge in [0.1, 0.15) is 11.6 Å². The second kappa shape index (κ2) is 11.5. The maximum Gasteiger partial charge on any atom is 0.451 e. The van der Waals surface area contributed by atoms with Crippen LogP contribution in [0.1, 0.15) is 49.6 Å². The third kappa shape index (κ3) is 6.77. The van der Waals surface area contributed by atoms with Gasteiger partial charge in [-0.1, -0.05) is 12.1 Å². The van der Waals surface area contributed by atoms with E-state index in [1.54, 1.807) is 28.9 Å². The monoisotopic (exact) mass is 544 g/mol. The Bertz CT molecular complexity index is 1240. The summed E-state index contributed by atoms with van der Waals surface area (Å²) in [6.45, 7) is 3.26. The van der Waals surface area contributed by atoms with Crippen LogP contribution in [0.4, 0.5) is 24.8 Å². The van der Waals surface area contributed by atoms with Crippen LogP contribution in [0.3, 0.4) is 0 Å². The summed E-state index contributed by atoms with van der Waals surface area (Å²) in [7, 11) is 0. The minimum absolute atomic E-state index is 0.105. The first-order chi connectivity index (χ1) is 18.5. The van der Waals surface area contributed by atoms with Crippen molar-refractivity contribution < 1.29 is 27.9 Å². The van der Waals surface area contributed by atoms with Gasteiger partial charge in [0.2, 0.25) is 11.7 Å². The molecule has 0 aliphatic carbocycles. The van der Waals surface area contributed by atoms with Crippen molar-refractivity contribution in [1.82, 2.24) is 15.3 Å². The third-order valence-corrected chi connectivity index (χ3v) is 7.57. The molecule has 2 aromatic rings. The molecule has 2 N–H and O–H groups in total. The number of hydrogen-bond donors (Lipinski definition) is 2.